The van der Waals surface area contributed by atoms with Crippen molar-refractivity contribution in [3.8, 4) is 11.4 Å². The van der Waals surface area contributed by atoms with Crippen LogP contribution >= 0.6 is 0 Å². The number of aromatic nitrogens is 4. The lowest BCUT2D eigenvalue weighted by molar-refractivity contribution is -0.156. The molecule has 7 nitrogen and oxygen atoms in total. The van der Waals surface area contributed by atoms with Gasteiger partial charge in [-0.15, -0.1) is 10.2 Å². The molecule has 24 heavy (non-hydrogen) atoms. The monoisotopic (exact) mass is 332 g/mol. The zero-order valence-corrected chi connectivity index (χ0v) is 14.7. The number of tetrazole rings is 1. The Morgan fingerprint density at radius 2 is 2.04 bits per heavy atom. The highest BCUT2D eigenvalue weighted by molar-refractivity contribution is 5.69. The van der Waals surface area contributed by atoms with E-state index in [9.17, 15) is 4.79 Å². The largest absolute Gasteiger partial charge is 0.460 e. The van der Waals surface area contributed by atoms with Crippen molar-refractivity contribution < 1.29 is 14.3 Å². The van der Waals surface area contributed by atoms with Gasteiger partial charge in [0.25, 0.3) is 0 Å². The zero-order chi connectivity index (χ0) is 17.6. The van der Waals surface area contributed by atoms with Gasteiger partial charge in [-0.05, 0) is 44.0 Å². The van der Waals surface area contributed by atoms with Crippen LogP contribution in [0.25, 0.3) is 11.4 Å². The van der Waals surface area contributed by atoms with Gasteiger partial charge in [-0.3, -0.25) is 4.79 Å². The highest BCUT2D eigenvalue weighted by Crippen LogP contribution is 2.15. The maximum absolute atomic E-state index is 11.6. The minimum atomic E-state index is -0.452. The molecule has 0 aliphatic heterocycles. The van der Waals surface area contributed by atoms with Crippen LogP contribution in [0.2, 0.25) is 0 Å². The SMILES string of the molecule is Cn1nnc(-c2cccc(CCOCCC(=O)OC(C)(C)C)c2)n1. The minimum absolute atomic E-state index is 0.238. The molecule has 0 atom stereocenters. The standard InChI is InChI=1S/C17H24N4O3/c1-17(2,3)24-15(22)9-11-23-10-8-13-6-5-7-14(12-13)16-18-20-21(4)19-16/h5-7,12H,8-11H2,1-4H3. The van der Waals surface area contributed by atoms with Crippen LogP contribution in [0.5, 0.6) is 0 Å². The van der Waals surface area contributed by atoms with Gasteiger partial charge in [-0.1, -0.05) is 18.2 Å². The molecule has 1 heterocycles. The number of esters is 1. The van der Waals surface area contributed by atoms with E-state index in [2.05, 4.69) is 15.4 Å². The van der Waals surface area contributed by atoms with Crippen molar-refractivity contribution in [3.63, 3.8) is 0 Å². The summed E-state index contributed by atoms with van der Waals surface area (Å²) in [7, 11) is 1.73. The van der Waals surface area contributed by atoms with Crippen LogP contribution in [0.4, 0.5) is 0 Å². The second kappa shape index (κ2) is 8.01. The Bertz CT molecular complexity index is 676. The number of aryl methyl sites for hydroxylation is 1. The predicted molar refractivity (Wildman–Crippen MR) is 89.2 cm³/mol. The van der Waals surface area contributed by atoms with Gasteiger partial charge in [0.05, 0.1) is 26.7 Å². The van der Waals surface area contributed by atoms with Gasteiger partial charge in [-0.25, -0.2) is 0 Å². The van der Waals surface area contributed by atoms with E-state index in [0.717, 1.165) is 17.5 Å². The quantitative estimate of drug-likeness (QED) is 0.571. The fourth-order valence-electron chi connectivity index (χ4n) is 2.11. The van der Waals surface area contributed by atoms with E-state index in [1.165, 1.54) is 4.80 Å². The number of ether oxygens (including phenoxy) is 2. The van der Waals surface area contributed by atoms with Gasteiger partial charge in [0.1, 0.15) is 5.60 Å². The first kappa shape index (κ1) is 18.1. The van der Waals surface area contributed by atoms with E-state index in [-0.39, 0.29) is 12.4 Å². The number of hydrogen-bond acceptors (Lipinski definition) is 6. The summed E-state index contributed by atoms with van der Waals surface area (Å²) in [6.07, 6.45) is 1.02. The van der Waals surface area contributed by atoms with Gasteiger partial charge >= 0.3 is 5.97 Å². The smallest absolute Gasteiger partial charge is 0.308 e. The van der Waals surface area contributed by atoms with E-state index in [1.54, 1.807) is 7.05 Å². The Kier molecular flexibility index (Phi) is 6.03. The highest BCUT2D eigenvalue weighted by atomic mass is 16.6. The van der Waals surface area contributed by atoms with Crippen molar-refractivity contribution in [1.29, 1.82) is 0 Å². The topological polar surface area (TPSA) is 79.1 Å². The number of carbonyl (C=O) groups excluding carboxylic acids is 1. The summed E-state index contributed by atoms with van der Waals surface area (Å²) in [5, 5.41) is 12.0. The third-order valence-corrected chi connectivity index (χ3v) is 3.10. The summed E-state index contributed by atoms with van der Waals surface area (Å²) in [5.74, 6) is 0.364. The number of benzene rings is 1. The Balaban J connectivity index is 1.74. The normalized spacial score (nSPS) is 11.5. The number of nitrogens with zero attached hydrogens (tertiary/aromatic N) is 4. The molecule has 0 spiro atoms. The summed E-state index contributed by atoms with van der Waals surface area (Å²) in [6.45, 7) is 6.46. The third-order valence-electron chi connectivity index (χ3n) is 3.10. The Morgan fingerprint density at radius 1 is 1.25 bits per heavy atom. The van der Waals surface area contributed by atoms with Crippen molar-refractivity contribution in [3.05, 3.63) is 29.8 Å². The molecule has 0 saturated heterocycles. The minimum Gasteiger partial charge on any atom is -0.460 e. The van der Waals surface area contributed by atoms with Crippen LogP contribution in [0.15, 0.2) is 24.3 Å². The Morgan fingerprint density at radius 3 is 2.71 bits per heavy atom. The van der Waals surface area contributed by atoms with Gasteiger partial charge in [0, 0.05) is 5.56 Å². The molecule has 0 amide bonds. The fourth-order valence-corrected chi connectivity index (χ4v) is 2.11. The van der Waals surface area contributed by atoms with Gasteiger partial charge in [0.15, 0.2) is 0 Å². The number of hydrogen-bond donors (Lipinski definition) is 0. The van der Waals surface area contributed by atoms with Gasteiger partial charge in [-0.2, -0.15) is 4.80 Å². The molecular formula is C17H24N4O3. The molecule has 0 saturated carbocycles. The van der Waals surface area contributed by atoms with Crippen LogP contribution in [0.3, 0.4) is 0 Å². The molecule has 0 fully saturated rings. The molecule has 0 N–H and O–H groups in total. The first-order chi connectivity index (χ1) is 11.3. The maximum atomic E-state index is 11.6. The molecule has 0 bridgehead atoms. The molecule has 2 rings (SSSR count). The average molecular weight is 332 g/mol. The summed E-state index contributed by atoms with van der Waals surface area (Å²) in [5.41, 5.74) is 1.60. The molecule has 130 valence electrons. The van der Waals surface area contributed by atoms with Crippen molar-refractivity contribution in [2.24, 2.45) is 7.05 Å². The van der Waals surface area contributed by atoms with E-state index in [4.69, 9.17) is 9.47 Å². The van der Waals surface area contributed by atoms with Crippen molar-refractivity contribution in [2.45, 2.75) is 39.2 Å². The van der Waals surface area contributed by atoms with Crippen LogP contribution in [0.1, 0.15) is 32.8 Å². The van der Waals surface area contributed by atoms with Gasteiger partial charge < -0.3 is 9.47 Å². The van der Waals surface area contributed by atoms with Crippen molar-refractivity contribution >= 4 is 5.97 Å². The Hall–Kier alpha value is -2.28. The van der Waals surface area contributed by atoms with E-state index in [0.29, 0.717) is 19.0 Å². The molecule has 0 aliphatic carbocycles. The first-order valence-corrected chi connectivity index (χ1v) is 7.96. The highest BCUT2D eigenvalue weighted by Gasteiger charge is 2.15. The van der Waals surface area contributed by atoms with Crippen molar-refractivity contribution in [2.75, 3.05) is 13.2 Å². The molecule has 1 aromatic heterocycles. The van der Waals surface area contributed by atoms with E-state index >= 15 is 0 Å². The second-order valence-corrected chi connectivity index (χ2v) is 6.50. The molecule has 0 aliphatic rings. The summed E-state index contributed by atoms with van der Waals surface area (Å²) in [6, 6.07) is 7.96. The van der Waals surface area contributed by atoms with Gasteiger partial charge in [0.2, 0.25) is 5.82 Å². The summed E-state index contributed by atoms with van der Waals surface area (Å²) in [4.78, 5) is 13.0. The Labute approximate surface area is 142 Å². The molecule has 2 aromatic rings. The molecule has 1 aromatic carbocycles. The van der Waals surface area contributed by atoms with Crippen LogP contribution in [0, 0.1) is 0 Å². The lowest BCUT2D eigenvalue weighted by Crippen LogP contribution is -2.24. The molecular weight excluding hydrogens is 308 g/mol. The van der Waals surface area contributed by atoms with E-state index < -0.39 is 5.60 Å². The lowest BCUT2D eigenvalue weighted by atomic mass is 10.1. The fraction of sp³-hybridized carbons (Fsp3) is 0.529. The summed E-state index contributed by atoms with van der Waals surface area (Å²) >= 11 is 0. The summed E-state index contributed by atoms with van der Waals surface area (Å²) < 4.78 is 10.8. The van der Waals surface area contributed by atoms with E-state index in [1.807, 2.05) is 45.0 Å². The first-order valence-electron chi connectivity index (χ1n) is 7.96. The lowest BCUT2D eigenvalue weighted by Gasteiger charge is -2.19. The number of rotatable bonds is 7. The molecule has 0 unspecified atom stereocenters. The molecule has 0 radical (unpaired) electrons. The second-order valence-electron chi connectivity index (χ2n) is 6.50. The third kappa shape index (κ3) is 6.08. The van der Waals surface area contributed by atoms with Crippen molar-refractivity contribution in [1.82, 2.24) is 20.2 Å². The predicted octanol–water partition coefficient (Wildman–Crippen LogP) is 2.17. The van der Waals surface area contributed by atoms with Crippen LogP contribution in [-0.4, -0.2) is 45.0 Å². The maximum Gasteiger partial charge on any atom is 0.308 e. The molecule has 7 heteroatoms. The number of carbonyl (C=O) groups is 1. The van der Waals surface area contributed by atoms with Crippen LogP contribution in [-0.2, 0) is 27.7 Å². The zero-order valence-electron chi connectivity index (χ0n) is 14.7. The van der Waals surface area contributed by atoms with Crippen LogP contribution < -0.4 is 0 Å². The average Bonchev–Trinajstić information content (AvgIpc) is 2.92.